The van der Waals surface area contributed by atoms with Crippen LogP contribution in [-0.4, -0.2) is 131 Å². The number of benzene rings is 5. The van der Waals surface area contributed by atoms with Crippen LogP contribution < -0.4 is 19.6 Å². The summed E-state index contributed by atoms with van der Waals surface area (Å²) in [5, 5.41) is 27.3. The number of H-pyrrole nitrogens is 4. The molecule has 23 nitrogen and oxygen atoms in total. The van der Waals surface area contributed by atoms with Gasteiger partial charge in [0, 0.05) is 159 Å². The zero-order valence-electron chi connectivity index (χ0n) is 60.4. The fraction of sp³-hybridized carbons (Fsp3) is 0.198. The number of nitrogens with one attached hydrogen (secondary N) is 4. The van der Waals surface area contributed by atoms with Crippen LogP contribution in [0.4, 0.5) is 31.5 Å². The number of halogens is 4. The number of Topliss-reactive ketones (excluding diaryl/α,β-unsaturated/α-hetero) is 4. The lowest BCUT2D eigenvalue weighted by Crippen LogP contribution is -2.25. The summed E-state index contributed by atoms with van der Waals surface area (Å²) in [5.74, 6) is -1.46. The molecule has 4 amide bonds. The van der Waals surface area contributed by atoms with Crippen molar-refractivity contribution in [3.05, 3.63) is 268 Å². The molecule has 12 rings (SSSR count). The van der Waals surface area contributed by atoms with Gasteiger partial charge in [-0.25, -0.2) is 8.78 Å². The van der Waals surface area contributed by atoms with Gasteiger partial charge in [0.25, 0.3) is 0 Å². The smallest absolute Gasteiger partial charge is 0.226 e. The highest BCUT2D eigenvalue weighted by Gasteiger charge is 2.21. The molecule has 27 heteroatoms. The van der Waals surface area contributed by atoms with Crippen molar-refractivity contribution >= 4 is 92.7 Å². The number of carbonyl (C=O) groups is 8. The van der Waals surface area contributed by atoms with Crippen LogP contribution in [0.25, 0.3) is 44.6 Å². The number of aromatic nitrogens is 11. The largest absolute Gasteiger partial charge is 0.315 e. The molecule has 5 aromatic carbocycles. The fourth-order valence-electron chi connectivity index (χ4n) is 10.9. The number of hydrogen-bond acceptors (Lipinski definition) is 15. The Bertz CT molecular complexity index is 4710. The van der Waals surface area contributed by atoms with Gasteiger partial charge in [-0.05, 0) is 120 Å². The zero-order chi connectivity index (χ0) is 77.6. The van der Waals surface area contributed by atoms with E-state index in [1.807, 2.05) is 31.2 Å². The highest BCUT2D eigenvalue weighted by Crippen LogP contribution is 2.34. The van der Waals surface area contributed by atoms with Crippen molar-refractivity contribution < 1.29 is 47.1 Å². The van der Waals surface area contributed by atoms with E-state index in [9.17, 15) is 47.1 Å². The van der Waals surface area contributed by atoms with Gasteiger partial charge in [0.1, 0.15) is 23.0 Å². The molecule has 0 aliphatic rings. The summed E-state index contributed by atoms with van der Waals surface area (Å²) in [6.45, 7) is 7.10. The van der Waals surface area contributed by atoms with Gasteiger partial charge >= 0.3 is 0 Å². The van der Waals surface area contributed by atoms with E-state index >= 15 is 0 Å². The first-order valence-electron chi connectivity index (χ1n) is 34.3. The number of pyridine rings is 3. The van der Waals surface area contributed by atoms with Crippen molar-refractivity contribution in [1.82, 2.24) is 55.7 Å². The Labute approximate surface area is 631 Å². The van der Waals surface area contributed by atoms with Crippen molar-refractivity contribution in [1.29, 1.82) is 0 Å². The maximum atomic E-state index is 14.6. The van der Waals surface area contributed by atoms with E-state index < -0.39 is 11.6 Å². The summed E-state index contributed by atoms with van der Waals surface area (Å²) >= 11 is 12.7. The molecule has 0 aliphatic carbocycles. The second kappa shape index (κ2) is 37.9. The molecule has 0 atom stereocenters. The van der Waals surface area contributed by atoms with Crippen LogP contribution in [0.15, 0.2) is 201 Å². The maximum absolute atomic E-state index is 14.6. The Kier molecular flexibility index (Phi) is 27.9. The third kappa shape index (κ3) is 20.9. The first kappa shape index (κ1) is 79.5. The summed E-state index contributed by atoms with van der Waals surface area (Å²) in [5.41, 5.74) is 12.4. The SMILES string of the molecule is CCC(=O)N(C)c1ccc(-c2ccc(C(=O)Cc3ccn[nH]3)cc2)c(F)c1.CCC(=O)N(C)c1ccc(-c2ccc(C(=O)Cc3ccn[nH]3)cn2)cc1Cl.CCC(=O)N(C)c1ccc(-c2ccc(C(=O)Cc3ccn[nH]3)nc2)cc1Cl.CCC(=O)N(C)c1ccc(-c2ccc(C(=O)Cc3ccn[nH]3)nc2)cc1F. The highest BCUT2D eigenvalue weighted by atomic mass is 35.5. The molecule has 0 spiro atoms. The van der Waals surface area contributed by atoms with Crippen molar-refractivity contribution in [2.75, 3.05) is 47.8 Å². The molecular weight excluding hydrogens is 1420 g/mol. The Morgan fingerprint density at radius 2 is 0.731 bits per heavy atom. The normalized spacial score (nSPS) is 10.6. The van der Waals surface area contributed by atoms with Crippen LogP contribution in [0.3, 0.4) is 0 Å². The number of carbonyl (C=O) groups excluding carboxylic acids is 8. The lowest BCUT2D eigenvalue weighted by molar-refractivity contribution is -0.118. The van der Waals surface area contributed by atoms with Gasteiger partial charge in [-0.1, -0.05) is 105 Å². The molecule has 552 valence electrons. The first-order valence-corrected chi connectivity index (χ1v) is 35.0. The summed E-state index contributed by atoms with van der Waals surface area (Å²) in [4.78, 5) is 115. The van der Waals surface area contributed by atoms with Crippen LogP contribution in [-0.2, 0) is 44.9 Å². The summed E-state index contributed by atoms with van der Waals surface area (Å²) in [6.07, 6.45) is 13.5. The Morgan fingerprint density at radius 3 is 1.12 bits per heavy atom. The van der Waals surface area contributed by atoms with E-state index in [4.69, 9.17) is 23.2 Å². The third-order valence-electron chi connectivity index (χ3n) is 17.3. The van der Waals surface area contributed by atoms with Crippen LogP contribution in [0.1, 0.15) is 118 Å². The molecule has 12 aromatic rings. The van der Waals surface area contributed by atoms with Gasteiger partial charge < -0.3 is 19.6 Å². The van der Waals surface area contributed by atoms with E-state index in [-0.39, 0.29) is 78.1 Å². The Balaban J connectivity index is 0.000000166. The number of aromatic amines is 4. The van der Waals surface area contributed by atoms with Crippen LogP contribution in [0.5, 0.6) is 0 Å². The molecule has 0 fully saturated rings. The van der Waals surface area contributed by atoms with Gasteiger partial charge in [0.2, 0.25) is 23.6 Å². The number of amides is 4. The highest BCUT2D eigenvalue weighted by molar-refractivity contribution is 6.34. The molecule has 7 aromatic heterocycles. The van der Waals surface area contributed by atoms with E-state index in [0.29, 0.717) is 109 Å². The molecule has 0 bridgehead atoms. The minimum absolute atomic E-state index is 0.00792. The molecular formula is C81H77Cl2F2N15O8. The first-order chi connectivity index (χ1) is 52.0. The van der Waals surface area contributed by atoms with Crippen molar-refractivity contribution in [2.24, 2.45) is 0 Å². The topological polar surface area (TPSA) is 303 Å². The molecule has 0 saturated heterocycles. The van der Waals surface area contributed by atoms with Crippen LogP contribution >= 0.6 is 23.2 Å². The van der Waals surface area contributed by atoms with Crippen molar-refractivity contribution in [2.45, 2.75) is 79.1 Å². The molecule has 0 radical (unpaired) electrons. The van der Waals surface area contributed by atoms with Gasteiger partial charge in [0.15, 0.2) is 23.1 Å². The average Bonchev–Trinajstić information content (AvgIpc) is 1.82. The number of ketones is 4. The average molecular weight is 1500 g/mol. The number of rotatable bonds is 24. The van der Waals surface area contributed by atoms with Crippen molar-refractivity contribution in [3.8, 4) is 44.6 Å². The van der Waals surface area contributed by atoms with Crippen LogP contribution in [0.2, 0.25) is 10.0 Å². The van der Waals surface area contributed by atoms with E-state index in [1.54, 1.807) is 212 Å². The molecule has 108 heavy (non-hydrogen) atoms. The van der Waals surface area contributed by atoms with Crippen molar-refractivity contribution in [3.63, 3.8) is 0 Å². The Hall–Kier alpha value is -12.6. The molecule has 0 aliphatic heterocycles. The lowest BCUT2D eigenvalue weighted by Gasteiger charge is -2.18. The van der Waals surface area contributed by atoms with E-state index in [2.05, 4.69) is 55.7 Å². The van der Waals surface area contributed by atoms with Gasteiger partial charge in [-0.3, -0.25) is 73.7 Å². The maximum Gasteiger partial charge on any atom is 0.226 e. The zero-order valence-corrected chi connectivity index (χ0v) is 61.9. The third-order valence-corrected chi connectivity index (χ3v) is 17.9. The number of hydrogen-bond donors (Lipinski definition) is 4. The van der Waals surface area contributed by atoms with E-state index in [1.165, 1.54) is 33.0 Å². The standard InChI is InChI=1S/C21H20FN3O2.2C20H19ClN4O2.C20H19FN4O2/c1-3-21(27)25(2)17-8-9-18(19(22)13-17)14-4-6-15(7-5-14)20(26)12-16-10-11-23-24-16;1-3-20(27)25(2)18-7-5-13(10-16(18)21)17-6-4-14(12-22-17)19(26)11-15-8-9-23-24-15;2*1-3-20(27)25(2)18-7-5-13(10-16(18)21)14-4-6-17(22-12-14)19(26)11-15-8-9-23-24-15/h4-11,13H,3,12H2,1-2H3,(H,23,24);3*4-10,12H,3,11H2,1-2H3,(H,23,24). The second-order valence-electron chi connectivity index (χ2n) is 24.5. The minimum atomic E-state index is -0.490. The Morgan fingerprint density at radius 1 is 0.352 bits per heavy atom. The second-order valence-corrected chi connectivity index (χ2v) is 25.3. The van der Waals surface area contributed by atoms with E-state index in [0.717, 1.165) is 33.8 Å². The summed E-state index contributed by atoms with van der Waals surface area (Å²) < 4.78 is 29.0. The summed E-state index contributed by atoms with van der Waals surface area (Å²) in [6, 6.07) is 44.5. The van der Waals surface area contributed by atoms with Gasteiger partial charge in [-0.15, -0.1) is 0 Å². The molecule has 0 saturated carbocycles. The quantitative estimate of drug-likeness (QED) is 0.0409. The van der Waals surface area contributed by atoms with Gasteiger partial charge in [0.05, 0.1) is 58.5 Å². The molecule has 7 heterocycles. The van der Waals surface area contributed by atoms with Gasteiger partial charge in [-0.2, -0.15) is 20.4 Å². The predicted molar refractivity (Wildman–Crippen MR) is 412 cm³/mol. The molecule has 0 unspecified atom stereocenters. The number of anilines is 4. The lowest BCUT2D eigenvalue weighted by atomic mass is 10.00. The molecule has 4 N–H and O–H groups in total. The minimum Gasteiger partial charge on any atom is -0.315 e. The summed E-state index contributed by atoms with van der Waals surface area (Å²) in [7, 11) is 6.57. The monoisotopic (exact) mass is 1500 g/mol. The number of nitrogens with zero attached hydrogens (tertiary/aromatic N) is 11. The fourth-order valence-corrected chi connectivity index (χ4v) is 11.5. The predicted octanol–water partition coefficient (Wildman–Crippen LogP) is 15.3. The van der Waals surface area contributed by atoms with Crippen LogP contribution in [0, 0.1) is 11.6 Å².